The highest BCUT2D eigenvalue weighted by molar-refractivity contribution is 5.82. The summed E-state index contributed by atoms with van der Waals surface area (Å²) in [5.74, 6) is -0.587. The molecular formula is C14H20N2O3. The van der Waals surface area contributed by atoms with E-state index in [0.717, 1.165) is 12.8 Å². The molecule has 0 N–H and O–H groups in total. The Balaban J connectivity index is 2.06. The van der Waals surface area contributed by atoms with Crippen LogP contribution in [0.3, 0.4) is 0 Å². The predicted octanol–water partition coefficient (Wildman–Crippen LogP) is 1.62. The SMILES string of the molecule is CC(C)(C)OC(=O)C1CC2CCC1N2C(=O)CC#N. The molecule has 3 unspecified atom stereocenters. The first-order valence-corrected chi connectivity index (χ1v) is 6.74. The third-order valence-corrected chi connectivity index (χ3v) is 3.76. The summed E-state index contributed by atoms with van der Waals surface area (Å²) in [7, 11) is 0. The van der Waals surface area contributed by atoms with Crippen LogP contribution in [0.25, 0.3) is 0 Å². The Morgan fingerprint density at radius 3 is 2.63 bits per heavy atom. The van der Waals surface area contributed by atoms with E-state index < -0.39 is 5.60 Å². The molecule has 5 heteroatoms. The third-order valence-electron chi connectivity index (χ3n) is 3.76. The molecule has 0 aliphatic carbocycles. The minimum absolute atomic E-state index is 0.0688. The first-order chi connectivity index (χ1) is 8.83. The molecule has 2 aliphatic heterocycles. The van der Waals surface area contributed by atoms with Crippen molar-refractivity contribution in [3.63, 3.8) is 0 Å². The van der Waals surface area contributed by atoms with Crippen LogP contribution in [0.1, 0.15) is 46.5 Å². The topological polar surface area (TPSA) is 70.4 Å². The molecule has 2 saturated heterocycles. The number of amides is 1. The van der Waals surface area contributed by atoms with Gasteiger partial charge in [0, 0.05) is 12.1 Å². The van der Waals surface area contributed by atoms with Gasteiger partial charge in [0.05, 0.1) is 12.0 Å². The van der Waals surface area contributed by atoms with Crippen molar-refractivity contribution < 1.29 is 14.3 Å². The molecule has 2 bridgehead atoms. The Bertz CT molecular complexity index is 433. The monoisotopic (exact) mass is 264 g/mol. The Morgan fingerprint density at radius 1 is 1.37 bits per heavy atom. The number of rotatable bonds is 2. The summed E-state index contributed by atoms with van der Waals surface area (Å²) < 4.78 is 5.42. The summed E-state index contributed by atoms with van der Waals surface area (Å²) >= 11 is 0. The van der Waals surface area contributed by atoms with Gasteiger partial charge in [-0.1, -0.05) is 0 Å². The maximum absolute atomic E-state index is 12.2. The van der Waals surface area contributed by atoms with Crippen LogP contribution in [0.2, 0.25) is 0 Å². The van der Waals surface area contributed by atoms with Crippen molar-refractivity contribution >= 4 is 11.9 Å². The van der Waals surface area contributed by atoms with Crippen LogP contribution in [0, 0.1) is 17.2 Å². The number of nitriles is 1. The summed E-state index contributed by atoms with van der Waals surface area (Å²) in [5.41, 5.74) is -0.500. The van der Waals surface area contributed by atoms with Crippen LogP contribution in [-0.2, 0) is 14.3 Å². The first kappa shape index (κ1) is 13.9. The number of hydrogen-bond donors (Lipinski definition) is 0. The smallest absolute Gasteiger partial charge is 0.311 e. The van der Waals surface area contributed by atoms with Crippen molar-refractivity contribution in [1.82, 2.24) is 4.90 Å². The first-order valence-electron chi connectivity index (χ1n) is 6.74. The third kappa shape index (κ3) is 2.73. The van der Waals surface area contributed by atoms with Crippen LogP contribution in [0.15, 0.2) is 0 Å². The molecule has 0 aromatic carbocycles. The van der Waals surface area contributed by atoms with Crippen LogP contribution in [0.4, 0.5) is 0 Å². The maximum atomic E-state index is 12.2. The number of esters is 1. The lowest BCUT2D eigenvalue weighted by atomic mass is 9.89. The largest absolute Gasteiger partial charge is 0.460 e. The normalized spacial score (nSPS) is 29.2. The summed E-state index contributed by atoms with van der Waals surface area (Å²) in [6.45, 7) is 5.53. The molecule has 104 valence electrons. The molecule has 2 heterocycles. The second kappa shape index (κ2) is 4.84. The molecule has 0 aromatic rings. The molecule has 0 spiro atoms. The Morgan fingerprint density at radius 2 is 2.05 bits per heavy atom. The Labute approximate surface area is 113 Å². The summed E-state index contributed by atoms with van der Waals surface area (Å²) in [6.07, 6.45) is 2.34. The lowest BCUT2D eigenvalue weighted by Gasteiger charge is -2.26. The lowest BCUT2D eigenvalue weighted by Crippen LogP contribution is -2.39. The van der Waals surface area contributed by atoms with Gasteiger partial charge in [-0.15, -0.1) is 0 Å². The van der Waals surface area contributed by atoms with Crippen LogP contribution >= 0.6 is 0 Å². The predicted molar refractivity (Wildman–Crippen MR) is 67.8 cm³/mol. The van der Waals surface area contributed by atoms with E-state index in [9.17, 15) is 9.59 Å². The van der Waals surface area contributed by atoms with E-state index in [1.807, 2.05) is 26.8 Å². The van der Waals surface area contributed by atoms with Gasteiger partial charge in [-0.05, 0) is 40.0 Å². The lowest BCUT2D eigenvalue weighted by molar-refractivity contribution is -0.161. The molecule has 5 nitrogen and oxygen atoms in total. The zero-order chi connectivity index (χ0) is 14.2. The molecule has 0 saturated carbocycles. The van der Waals surface area contributed by atoms with Gasteiger partial charge in [-0.2, -0.15) is 5.26 Å². The van der Waals surface area contributed by atoms with E-state index in [-0.39, 0.29) is 36.3 Å². The van der Waals surface area contributed by atoms with Gasteiger partial charge in [-0.3, -0.25) is 9.59 Å². The van der Waals surface area contributed by atoms with Crippen LogP contribution < -0.4 is 0 Å². The van der Waals surface area contributed by atoms with Gasteiger partial charge in [0.2, 0.25) is 5.91 Å². The van der Waals surface area contributed by atoms with Crippen molar-refractivity contribution in [3.8, 4) is 6.07 Å². The van der Waals surface area contributed by atoms with Crippen molar-refractivity contribution in [1.29, 1.82) is 5.26 Å². The average Bonchev–Trinajstić information content (AvgIpc) is 2.83. The van der Waals surface area contributed by atoms with Crippen LogP contribution in [0.5, 0.6) is 0 Å². The van der Waals surface area contributed by atoms with Crippen molar-refractivity contribution in [2.24, 2.45) is 5.92 Å². The number of ether oxygens (including phenoxy) is 1. The summed E-state index contributed by atoms with van der Waals surface area (Å²) in [4.78, 5) is 25.8. The maximum Gasteiger partial charge on any atom is 0.311 e. The molecule has 3 atom stereocenters. The molecule has 0 radical (unpaired) electrons. The second-order valence-corrected chi connectivity index (χ2v) is 6.31. The zero-order valence-electron chi connectivity index (χ0n) is 11.7. The van der Waals surface area contributed by atoms with Crippen molar-refractivity contribution in [3.05, 3.63) is 0 Å². The van der Waals surface area contributed by atoms with Gasteiger partial charge in [-0.25, -0.2) is 0 Å². The summed E-state index contributed by atoms with van der Waals surface area (Å²) in [5, 5.41) is 8.63. The number of fused-ring (bicyclic) bond motifs is 2. The minimum Gasteiger partial charge on any atom is -0.460 e. The molecule has 0 aromatic heterocycles. The van der Waals surface area contributed by atoms with Gasteiger partial charge in [0.15, 0.2) is 0 Å². The molecule has 2 aliphatic rings. The highest BCUT2D eigenvalue weighted by Gasteiger charge is 2.51. The molecule has 2 fully saturated rings. The molecular weight excluding hydrogens is 244 g/mol. The van der Waals surface area contributed by atoms with Crippen molar-refractivity contribution in [2.45, 2.75) is 64.1 Å². The van der Waals surface area contributed by atoms with Crippen LogP contribution in [-0.4, -0.2) is 34.5 Å². The Kier molecular flexibility index (Phi) is 3.53. The fourth-order valence-corrected chi connectivity index (χ4v) is 3.17. The number of hydrogen-bond acceptors (Lipinski definition) is 4. The quantitative estimate of drug-likeness (QED) is 0.711. The highest BCUT2D eigenvalue weighted by Crippen LogP contribution is 2.42. The molecule has 19 heavy (non-hydrogen) atoms. The van der Waals surface area contributed by atoms with Gasteiger partial charge in [0.25, 0.3) is 0 Å². The molecule has 1 amide bonds. The van der Waals surface area contributed by atoms with E-state index in [0.29, 0.717) is 6.42 Å². The molecule has 2 rings (SSSR count). The summed E-state index contributed by atoms with van der Waals surface area (Å²) in [6, 6.07) is 1.93. The number of carbonyl (C=O) groups is 2. The minimum atomic E-state index is -0.500. The number of carbonyl (C=O) groups excluding carboxylic acids is 2. The average molecular weight is 264 g/mol. The van der Waals surface area contributed by atoms with E-state index in [1.165, 1.54) is 0 Å². The number of nitrogens with zero attached hydrogens (tertiary/aromatic N) is 2. The van der Waals surface area contributed by atoms with E-state index in [4.69, 9.17) is 10.00 Å². The highest BCUT2D eigenvalue weighted by atomic mass is 16.6. The van der Waals surface area contributed by atoms with E-state index in [1.54, 1.807) is 4.90 Å². The Hall–Kier alpha value is -1.57. The van der Waals surface area contributed by atoms with Crippen molar-refractivity contribution in [2.75, 3.05) is 0 Å². The van der Waals surface area contributed by atoms with Gasteiger partial charge >= 0.3 is 5.97 Å². The van der Waals surface area contributed by atoms with Gasteiger partial charge in [0.1, 0.15) is 12.0 Å². The standard InChI is InChI=1S/C14H20N2O3/c1-14(2,3)19-13(18)10-8-9-4-5-11(10)16(9)12(17)6-7-15/h9-11H,4-6,8H2,1-3H3. The fourth-order valence-electron chi connectivity index (χ4n) is 3.17. The van der Waals surface area contributed by atoms with E-state index >= 15 is 0 Å². The fraction of sp³-hybridized carbons (Fsp3) is 0.786. The second-order valence-electron chi connectivity index (χ2n) is 6.31. The van der Waals surface area contributed by atoms with Gasteiger partial charge < -0.3 is 9.64 Å². The van der Waals surface area contributed by atoms with E-state index in [2.05, 4.69) is 0 Å². The zero-order valence-corrected chi connectivity index (χ0v) is 11.7.